The Balaban J connectivity index is 1.58. The van der Waals surface area contributed by atoms with Gasteiger partial charge in [-0.1, -0.05) is 44.2 Å². The van der Waals surface area contributed by atoms with Crippen molar-refractivity contribution in [3.63, 3.8) is 0 Å². The lowest BCUT2D eigenvalue weighted by atomic mass is 9.68. The molecule has 194 valence electrons. The van der Waals surface area contributed by atoms with Gasteiger partial charge in [0.15, 0.2) is 5.78 Å². The van der Waals surface area contributed by atoms with Crippen LogP contribution in [0.1, 0.15) is 45.1 Å². The second kappa shape index (κ2) is 9.89. The Labute approximate surface area is 220 Å². The number of dihydropyridines is 1. The van der Waals surface area contributed by atoms with Crippen molar-refractivity contribution in [2.75, 3.05) is 5.32 Å². The van der Waals surface area contributed by atoms with Gasteiger partial charge in [-0.25, -0.2) is 8.78 Å². The van der Waals surface area contributed by atoms with Crippen LogP contribution in [-0.4, -0.2) is 11.7 Å². The minimum atomic E-state index is -0.884. The molecule has 7 heteroatoms. The van der Waals surface area contributed by atoms with Crippen molar-refractivity contribution < 1.29 is 23.1 Å². The molecule has 5 rings (SSSR count). The Bertz CT molecular complexity index is 1490. The van der Waals surface area contributed by atoms with E-state index in [9.17, 15) is 18.4 Å². The number of carbonyl (C=O) groups is 2. The highest BCUT2D eigenvalue weighted by molar-refractivity contribution is 6.10. The van der Waals surface area contributed by atoms with Crippen molar-refractivity contribution in [1.29, 1.82) is 0 Å². The molecule has 0 spiro atoms. The number of benzene rings is 3. The van der Waals surface area contributed by atoms with Gasteiger partial charge in [-0.2, -0.15) is 0 Å². The molecule has 3 aromatic carbocycles. The summed E-state index contributed by atoms with van der Waals surface area (Å²) in [6.45, 7) is 5.85. The number of nitrogens with one attached hydrogen (secondary N) is 2. The van der Waals surface area contributed by atoms with E-state index in [1.165, 1.54) is 6.07 Å². The number of allylic oxidation sites excluding steroid dienone is 3. The number of amides is 1. The molecule has 1 atom stereocenters. The number of carbonyl (C=O) groups excluding carboxylic acids is 2. The topological polar surface area (TPSA) is 67.4 Å². The number of anilines is 1. The third-order valence-corrected chi connectivity index (χ3v) is 6.83. The molecule has 1 unspecified atom stereocenters. The number of ether oxygens (including phenoxy) is 1. The van der Waals surface area contributed by atoms with Crippen molar-refractivity contribution in [2.45, 2.75) is 39.5 Å². The second-order valence-corrected chi connectivity index (χ2v) is 10.5. The summed E-state index contributed by atoms with van der Waals surface area (Å²) in [7, 11) is 0. The van der Waals surface area contributed by atoms with Crippen LogP contribution in [0.25, 0.3) is 0 Å². The summed E-state index contributed by atoms with van der Waals surface area (Å²) in [6, 6.07) is 19.6. The van der Waals surface area contributed by atoms with E-state index < -0.39 is 23.5 Å². The summed E-state index contributed by atoms with van der Waals surface area (Å²) < 4.78 is 33.9. The lowest BCUT2D eigenvalue weighted by Gasteiger charge is -2.39. The molecule has 0 saturated carbocycles. The zero-order valence-corrected chi connectivity index (χ0v) is 21.4. The van der Waals surface area contributed by atoms with Gasteiger partial charge in [-0.3, -0.25) is 9.59 Å². The summed E-state index contributed by atoms with van der Waals surface area (Å²) in [5, 5.41) is 5.87. The molecule has 0 radical (unpaired) electrons. The standard InChI is InChI=1S/C31H28F2N2O3/c1-18-27(30(37)35-24-13-12-20(32)15-23(24)33)28(29-25(34-18)16-31(2,3)17-26(29)36)19-8-7-11-22(14-19)38-21-9-5-4-6-10-21/h4-15,28,34H,16-17H2,1-3H3,(H,35,37). The van der Waals surface area contributed by atoms with E-state index in [4.69, 9.17) is 4.74 Å². The minimum Gasteiger partial charge on any atom is -0.457 e. The van der Waals surface area contributed by atoms with Crippen molar-refractivity contribution in [3.05, 3.63) is 113 Å². The van der Waals surface area contributed by atoms with Crippen LogP contribution < -0.4 is 15.4 Å². The van der Waals surface area contributed by atoms with Crippen molar-refractivity contribution in [3.8, 4) is 11.5 Å². The first kappa shape index (κ1) is 25.4. The maximum absolute atomic E-state index is 14.4. The van der Waals surface area contributed by atoms with E-state index in [1.54, 1.807) is 6.92 Å². The predicted octanol–water partition coefficient (Wildman–Crippen LogP) is 7.00. The highest BCUT2D eigenvalue weighted by atomic mass is 19.1. The van der Waals surface area contributed by atoms with Gasteiger partial charge in [0.25, 0.3) is 5.91 Å². The lowest BCUT2D eigenvalue weighted by Crippen LogP contribution is -2.39. The number of rotatable bonds is 5. The molecule has 0 aromatic heterocycles. The van der Waals surface area contributed by atoms with E-state index in [-0.39, 0.29) is 22.5 Å². The largest absolute Gasteiger partial charge is 0.457 e. The quantitative estimate of drug-likeness (QED) is 0.385. The van der Waals surface area contributed by atoms with Gasteiger partial charge in [0.1, 0.15) is 23.1 Å². The van der Waals surface area contributed by atoms with E-state index in [2.05, 4.69) is 10.6 Å². The Morgan fingerprint density at radius 3 is 2.45 bits per heavy atom. The van der Waals surface area contributed by atoms with Crippen LogP contribution in [0.15, 0.2) is 95.3 Å². The molecular weight excluding hydrogens is 486 g/mol. The maximum Gasteiger partial charge on any atom is 0.254 e. The number of hydrogen-bond donors (Lipinski definition) is 2. The van der Waals surface area contributed by atoms with Crippen LogP contribution >= 0.6 is 0 Å². The van der Waals surface area contributed by atoms with Gasteiger partial charge in [0.05, 0.1) is 5.69 Å². The lowest BCUT2D eigenvalue weighted by molar-refractivity contribution is -0.118. The average molecular weight is 515 g/mol. The molecule has 5 nitrogen and oxygen atoms in total. The maximum atomic E-state index is 14.4. The third kappa shape index (κ3) is 5.09. The van der Waals surface area contributed by atoms with Crippen LogP contribution in [0.4, 0.5) is 14.5 Å². The van der Waals surface area contributed by atoms with Gasteiger partial charge in [0, 0.05) is 40.9 Å². The number of para-hydroxylation sites is 1. The first-order valence-corrected chi connectivity index (χ1v) is 12.4. The molecule has 3 aromatic rings. The third-order valence-electron chi connectivity index (χ3n) is 6.83. The molecular formula is C31H28F2N2O3. The molecule has 1 aliphatic heterocycles. The predicted molar refractivity (Wildman–Crippen MR) is 142 cm³/mol. The van der Waals surface area contributed by atoms with E-state index in [0.717, 1.165) is 11.8 Å². The molecule has 1 aliphatic carbocycles. The van der Waals surface area contributed by atoms with Crippen LogP contribution in [0.2, 0.25) is 0 Å². The highest BCUT2D eigenvalue weighted by Gasteiger charge is 2.42. The first-order chi connectivity index (χ1) is 18.1. The summed E-state index contributed by atoms with van der Waals surface area (Å²) >= 11 is 0. The SMILES string of the molecule is CC1=C(C(=O)Nc2ccc(F)cc2F)C(c2cccc(Oc3ccccc3)c2)C2=C(CC(C)(C)CC2=O)N1. The average Bonchev–Trinajstić information content (AvgIpc) is 2.85. The zero-order chi connectivity index (χ0) is 27.0. The molecule has 0 fully saturated rings. The van der Waals surface area contributed by atoms with Gasteiger partial charge < -0.3 is 15.4 Å². The number of ketones is 1. The number of hydrogen-bond acceptors (Lipinski definition) is 4. The Hall–Kier alpha value is -4.26. The van der Waals surface area contributed by atoms with Gasteiger partial charge >= 0.3 is 0 Å². The molecule has 0 bridgehead atoms. The fourth-order valence-corrected chi connectivity index (χ4v) is 5.23. The Morgan fingerprint density at radius 2 is 1.71 bits per heavy atom. The monoisotopic (exact) mass is 514 g/mol. The zero-order valence-electron chi connectivity index (χ0n) is 21.4. The molecule has 2 aliphatic rings. The molecule has 1 amide bonds. The summed E-state index contributed by atoms with van der Waals surface area (Å²) in [5.74, 6) is -1.74. The highest BCUT2D eigenvalue weighted by Crippen LogP contribution is 2.47. The van der Waals surface area contributed by atoms with E-state index >= 15 is 0 Å². The molecule has 38 heavy (non-hydrogen) atoms. The number of halogens is 2. The van der Waals surface area contributed by atoms with Gasteiger partial charge in [-0.15, -0.1) is 0 Å². The Kier molecular flexibility index (Phi) is 6.61. The summed E-state index contributed by atoms with van der Waals surface area (Å²) in [6.07, 6.45) is 0.981. The smallest absolute Gasteiger partial charge is 0.254 e. The Morgan fingerprint density at radius 1 is 0.974 bits per heavy atom. The van der Waals surface area contributed by atoms with Crippen molar-refractivity contribution >= 4 is 17.4 Å². The van der Waals surface area contributed by atoms with Crippen LogP contribution in [0.3, 0.4) is 0 Å². The molecule has 1 heterocycles. The van der Waals surface area contributed by atoms with E-state index in [1.807, 2.05) is 68.4 Å². The summed E-state index contributed by atoms with van der Waals surface area (Å²) in [5.41, 5.74) is 2.48. The number of Topliss-reactive ketones (excluding diaryl/α,β-unsaturated/α-hetero) is 1. The van der Waals surface area contributed by atoms with Crippen LogP contribution in [0.5, 0.6) is 11.5 Å². The van der Waals surface area contributed by atoms with Crippen LogP contribution in [-0.2, 0) is 9.59 Å². The summed E-state index contributed by atoms with van der Waals surface area (Å²) in [4.78, 5) is 27.2. The van der Waals surface area contributed by atoms with Crippen molar-refractivity contribution in [2.24, 2.45) is 5.41 Å². The van der Waals surface area contributed by atoms with Gasteiger partial charge in [0.2, 0.25) is 0 Å². The normalized spacial score (nSPS) is 18.6. The van der Waals surface area contributed by atoms with Crippen LogP contribution in [0, 0.1) is 17.0 Å². The minimum absolute atomic E-state index is 0.0473. The van der Waals surface area contributed by atoms with Crippen molar-refractivity contribution in [1.82, 2.24) is 5.32 Å². The first-order valence-electron chi connectivity index (χ1n) is 12.4. The molecule has 2 N–H and O–H groups in total. The van der Waals surface area contributed by atoms with Gasteiger partial charge in [-0.05, 0) is 60.7 Å². The second-order valence-electron chi connectivity index (χ2n) is 10.5. The van der Waals surface area contributed by atoms with E-state index in [0.29, 0.717) is 47.2 Å². The fraction of sp³-hybridized carbons (Fsp3) is 0.226. The fourth-order valence-electron chi connectivity index (χ4n) is 5.23. The molecule has 0 saturated heterocycles.